The van der Waals surface area contributed by atoms with Crippen LogP contribution in [0.4, 0.5) is 0 Å². The van der Waals surface area contributed by atoms with E-state index in [1.54, 1.807) is 14.1 Å². The molecule has 5 nitrogen and oxygen atoms in total. The molecular formula is C9H19N3O2S. The average molecular weight is 233 g/mol. The van der Waals surface area contributed by atoms with Crippen molar-refractivity contribution < 1.29 is 8.42 Å². The first-order valence-corrected chi connectivity index (χ1v) is 6.81. The minimum absolute atomic E-state index is 0.136. The third-order valence-electron chi connectivity index (χ3n) is 3.24. The van der Waals surface area contributed by atoms with Crippen molar-refractivity contribution in [1.82, 2.24) is 13.9 Å². The molecule has 2 rings (SSSR count). The van der Waals surface area contributed by atoms with Gasteiger partial charge in [0.2, 0.25) is 0 Å². The Balaban J connectivity index is 1.96. The monoisotopic (exact) mass is 233 g/mol. The van der Waals surface area contributed by atoms with Crippen molar-refractivity contribution in [3.63, 3.8) is 0 Å². The summed E-state index contributed by atoms with van der Waals surface area (Å²) in [7, 11) is 0.120. The second-order valence-corrected chi connectivity index (χ2v) is 6.65. The summed E-state index contributed by atoms with van der Waals surface area (Å²) in [5.41, 5.74) is 0. The zero-order valence-corrected chi connectivity index (χ0v) is 10.1. The Kier molecular flexibility index (Phi) is 3.03. The number of nitrogens with zero attached hydrogens (tertiary/aromatic N) is 2. The Morgan fingerprint density at radius 3 is 2.27 bits per heavy atom. The summed E-state index contributed by atoms with van der Waals surface area (Å²) in [5, 5.41) is 3.08. The van der Waals surface area contributed by atoms with E-state index in [-0.39, 0.29) is 6.04 Å². The molecule has 0 aromatic rings. The summed E-state index contributed by atoms with van der Waals surface area (Å²) in [4.78, 5) is 0. The maximum absolute atomic E-state index is 12.1. The van der Waals surface area contributed by atoms with Gasteiger partial charge in [0.1, 0.15) is 0 Å². The molecule has 1 saturated heterocycles. The van der Waals surface area contributed by atoms with Crippen LogP contribution in [-0.2, 0) is 10.2 Å². The zero-order valence-electron chi connectivity index (χ0n) is 9.31. The SMILES string of the molecule is CN(CC1CC1)S(=O)(=O)N(C)C1CNC1. The fraction of sp³-hybridized carbons (Fsp3) is 1.00. The van der Waals surface area contributed by atoms with Crippen LogP contribution in [-0.4, -0.2) is 56.8 Å². The maximum Gasteiger partial charge on any atom is 0.281 e. The lowest BCUT2D eigenvalue weighted by Gasteiger charge is -2.36. The van der Waals surface area contributed by atoms with Crippen LogP contribution in [0.5, 0.6) is 0 Å². The molecule has 0 radical (unpaired) electrons. The third-order valence-corrected chi connectivity index (χ3v) is 5.21. The van der Waals surface area contributed by atoms with E-state index in [0.717, 1.165) is 13.1 Å². The van der Waals surface area contributed by atoms with Crippen molar-refractivity contribution >= 4 is 10.2 Å². The Morgan fingerprint density at radius 2 is 1.87 bits per heavy atom. The summed E-state index contributed by atoms with van der Waals surface area (Å²) in [6.07, 6.45) is 2.35. The van der Waals surface area contributed by atoms with Crippen LogP contribution in [0.15, 0.2) is 0 Å². The molecule has 0 atom stereocenters. The van der Waals surface area contributed by atoms with Gasteiger partial charge in [-0.1, -0.05) is 0 Å². The van der Waals surface area contributed by atoms with Gasteiger partial charge in [0.25, 0.3) is 10.2 Å². The van der Waals surface area contributed by atoms with Crippen molar-refractivity contribution in [3.8, 4) is 0 Å². The molecule has 6 heteroatoms. The van der Waals surface area contributed by atoms with E-state index in [1.165, 1.54) is 21.5 Å². The molecule has 1 aliphatic heterocycles. The lowest BCUT2D eigenvalue weighted by molar-refractivity contribution is 0.257. The first kappa shape index (κ1) is 11.3. The summed E-state index contributed by atoms with van der Waals surface area (Å²) < 4.78 is 27.1. The zero-order chi connectivity index (χ0) is 11.1. The van der Waals surface area contributed by atoms with E-state index in [4.69, 9.17) is 0 Å². The first-order valence-electron chi connectivity index (χ1n) is 5.42. The van der Waals surface area contributed by atoms with E-state index < -0.39 is 10.2 Å². The highest BCUT2D eigenvalue weighted by atomic mass is 32.2. The number of hydrogen-bond donors (Lipinski definition) is 1. The number of likely N-dealkylation sites (N-methyl/N-ethyl adjacent to an activating group) is 1. The Bertz CT molecular complexity index is 322. The molecule has 0 bridgehead atoms. The quantitative estimate of drug-likeness (QED) is 0.695. The smallest absolute Gasteiger partial charge is 0.281 e. The van der Waals surface area contributed by atoms with Crippen molar-refractivity contribution in [2.45, 2.75) is 18.9 Å². The topological polar surface area (TPSA) is 52.7 Å². The predicted octanol–water partition coefficient (Wildman–Crippen LogP) is -0.523. The van der Waals surface area contributed by atoms with Crippen LogP contribution in [0.25, 0.3) is 0 Å². The number of nitrogens with one attached hydrogen (secondary N) is 1. The van der Waals surface area contributed by atoms with Crippen molar-refractivity contribution in [2.24, 2.45) is 5.92 Å². The molecule has 0 aromatic carbocycles. The van der Waals surface area contributed by atoms with Gasteiger partial charge in [-0.25, -0.2) is 0 Å². The van der Waals surface area contributed by atoms with Crippen LogP contribution >= 0.6 is 0 Å². The highest BCUT2D eigenvalue weighted by molar-refractivity contribution is 7.86. The van der Waals surface area contributed by atoms with Crippen molar-refractivity contribution in [1.29, 1.82) is 0 Å². The normalized spacial score (nSPS) is 23.5. The molecule has 2 aliphatic rings. The van der Waals surface area contributed by atoms with Crippen LogP contribution < -0.4 is 5.32 Å². The molecule has 0 unspecified atom stereocenters. The largest absolute Gasteiger partial charge is 0.313 e. The Morgan fingerprint density at radius 1 is 1.27 bits per heavy atom. The van der Waals surface area contributed by atoms with E-state index in [0.29, 0.717) is 12.5 Å². The van der Waals surface area contributed by atoms with Gasteiger partial charge in [-0.3, -0.25) is 0 Å². The standard InChI is InChI=1S/C9H19N3O2S/c1-11(7-8-3-4-8)15(13,14)12(2)9-5-10-6-9/h8-10H,3-7H2,1-2H3. The fourth-order valence-electron chi connectivity index (χ4n) is 1.70. The molecule has 1 N–H and O–H groups in total. The van der Waals surface area contributed by atoms with Crippen molar-refractivity contribution in [3.05, 3.63) is 0 Å². The third kappa shape index (κ3) is 2.33. The molecule has 1 saturated carbocycles. The molecule has 1 aliphatic carbocycles. The van der Waals surface area contributed by atoms with Gasteiger partial charge in [-0.2, -0.15) is 17.0 Å². The van der Waals surface area contributed by atoms with Gasteiger partial charge < -0.3 is 5.32 Å². The van der Waals surface area contributed by atoms with E-state index >= 15 is 0 Å². The second-order valence-electron chi connectivity index (χ2n) is 4.56. The minimum Gasteiger partial charge on any atom is -0.313 e. The maximum atomic E-state index is 12.1. The van der Waals surface area contributed by atoms with Crippen LogP contribution in [0.1, 0.15) is 12.8 Å². The fourth-order valence-corrected chi connectivity index (χ4v) is 3.06. The van der Waals surface area contributed by atoms with Gasteiger partial charge in [0.15, 0.2) is 0 Å². The highest BCUT2D eigenvalue weighted by Gasteiger charge is 2.35. The van der Waals surface area contributed by atoms with Gasteiger partial charge in [0, 0.05) is 33.7 Å². The minimum atomic E-state index is -3.23. The molecule has 0 spiro atoms. The first-order chi connectivity index (χ1) is 7.01. The lowest BCUT2D eigenvalue weighted by Crippen LogP contribution is -2.59. The number of hydrogen-bond acceptors (Lipinski definition) is 3. The van der Waals surface area contributed by atoms with Crippen LogP contribution in [0.3, 0.4) is 0 Å². The Hall–Kier alpha value is -0.170. The van der Waals surface area contributed by atoms with Gasteiger partial charge >= 0.3 is 0 Å². The summed E-state index contributed by atoms with van der Waals surface area (Å²) in [6, 6.07) is 0.136. The molecule has 1 heterocycles. The molecule has 0 aromatic heterocycles. The second kappa shape index (κ2) is 4.01. The molecule has 2 fully saturated rings. The van der Waals surface area contributed by atoms with E-state index in [9.17, 15) is 8.42 Å². The molecule has 88 valence electrons. The molecule has 0 amide bonds. The van der Waals surface area contributed by atoms with Gasteiger partial charge in [0.05, 0.1) is 6.04 Å². The Labute approximate surface area is 91.6 Å². The van der Waals surface area contributed by atoms with Crippen LogP contribution in [0.2, 0.25) is 0 Å². The van der Waals surface area contributed by atoms with Crippen molar-refractivity contribution in [2.75, 3.05) is 33.7 Å². The molecule has 15 heavy (non-hydrogen) atoms. The number of rotatable bonds is 5. The summed E-state index contributed by atoms with van der Waals surface area (Å²) in [6.45, 7) is 2.22. The highest BCUT2D eigenvalue weighted by Crippen LogP contribution is 2.30. The predicted molar refractivity (Wildman–Crippen MR) is 58.7 cm³/mol. The van der Waals surface area contributed by atoms with Gasteiger partial charge in [-0.15, -0.1) is 0 Å². The van der Waals surface area contributed by atoms with Gasteiger partial charge in [-0.05, 0) is 18.8 Å². The lowest BCUT2D eigenvalue weighted by atomic mass is 10.2. The summed E-state index contributed by atoms with van der Waals surface area (Å²) in [5.74, 6) is 0.595. The molecular weight excluding hydrogens is 214 g/mol. The average Bonchev–Trinajstić information content (AvgIpc) is 2.84. The van der Waals surface area contributed by atoms with E-state index in [1.807, 2.05) is 0 Å². The van der Waals surface area contributed by atoms with E-state index in [2.05, 4.69) is 5.32 Å². The summed E-state index contributed by atoms with van der Waals surface area (Å²) >= 11 is 0. The van der Waals surface area contributed by atoms with Crippen LogP contribution in [0, 0.1) is 5.92 Å².